The zero-order valence-electron chi connectivity index (χ0n) is 12.0. The van der Waals surface area contributed by atoms with Crippen molar-refractivity contribution in [1.82, 2.24) is 14.8 Å². The Labute approximate surface area is 126 Å². The number of carbonyl (C=O) groups excluding carboxylic acids is 1. The third-order valence-corrected chi connectivity index (χ3v) is 4.15. The number of nitrogens with two attached hydrogens (primary N) is 1. The van der Waals surface area contributed by atoms with Crippen LogP contribution in [-0.2, 0) is 0 Å². The van der Waals surface area contributed by atoms with Crippen molar-refractivity contribution >= 4 is 33.9 Å². The van der Waals surface area contributed by atoms with Crippen LogP contribution in [0, 0.1) is 0 Å². The first-order valence-electron chi connectivity index (χ1n) is 6.91. The summed E-state index contributed by atoms with van der Waals surface area (Å²) < 4.78 is 1.78. The molecule has 1 saturated carbocycles. The Bertz CT molecular complexity index is 657. The van der Waals surface area contributed by atoms with Crippen LogP contribution in [-0.4, -0.2) is 26.7 Å². The van der Waals surface area contributed by atoms with Crippen molar-refractivity contribution in [2.45, 2.75) is 38.8 Å². The monoisotopic (exact) mass is 306 g/mol. The molecule has 3 rings (SSSR count). The molecule has 0 aromatic carbocycles. The van der Waals surface area contributed by atoms with Crippen LogP contribution in [0.15, 0.2) is 12.4 Å². The number of amides is 1. The quantitative estimate of drug-likeness (QED) is 0.787. The summed E-state index contributed by atoms with van der Waals surface area (Å²) >= 11 is 1.28. The molecule has 2 aromatic rings. The predicted octanol–water partition coefficient (Wildman–Crippen LogP) is 2.33. The number of nitrogens with one attached hydrogen (secondary N) is 2. The van der Waals surface area contributed by atoms with Gasteiger partial charge in [-0.2, -0.15) is 5.10 Å². The standard InChI is InChI=1S/C13H18N6OS/c1-7(2)19-6-9(5-15-19)16-12(20)10-11(14)18-13(21-10)17-8-3-4-8/h5-8H,3-4,14H2,1-2H3,(H,16,20)(H,17,18). The highest BCUT2D eigenvalue weighted by molar-refractivity contribution is 7.18. The zero-order valence-corrected chi connectivity index (χ0v) is 12.8. The molecule has 0 atom stereocenters. The highest BCUT2D eigenvalue weighted by Gasteiger charge is 2.24. The van der Waals surface area contributed by atoms with Gasteiger partial charge in [0, 0.05) is 18.3 Å². The first-order chi connectivity index (χ1) is 10.0. The zero-order chi connectivity index (χ0) is 15.0. The number of hydrogen-bond acceptors (Lipinski definition) is 6. The Kier molecular flexibility index (Phi) is 3.54. The number of thiazole rings is 1. The summed E-state index contributed by atoms with van der Waals surface area (Å²) in [7, 11) is 0. The number of carbonyl (C=O) groups is 1. The topological polar surface area (TPSA) is 97.9 Å². The summed E-state index contributed by atoms with van der Waals surface area (Å²) in [5.74, 6) is 0.00838. The van der Waals surface area contributed by atoms with E-state index < -0.39 is 0 Å². The molecule has 21 heavy (non-hydrogen) atoms. The van der Waals surface area contributed by atoms with Gasteiger partial charge in [0.05, 0.1) is 11.9 Å². The van der Waals surface area contributed by atoms with Gasteiger partial charge in [0.1, 0.15) is 10.7 Å². The Morgan fingerprint density at radius 1 is 1.52 bits per heavy atom. The van der Waals surface area contributed by atoms with Gasteiger partial charge in [0.2, 0.25) is 0 Å². The van der Waals surface area contributed by atoms with E-state index in [1.807, 2.05) is 13.8 Å². The van der Waals surface area contributed by atoms with Crippen LogP contribution in [0.5, 0.6) is 0 Å². The summed E-state index contributed by atoms with van der Waals surface area (Å²) in [6.45, 7) is 4.05. The molecule has 4 N–H and O–H groups in total. The maximum Gasteiger partial charge on any atom is 0.269 e. The van der Waals surface area contributed by atoms with Gasteiger partial charge in [-0.25, -0.2) is 4.98 Å². The van der Waals surface area contributed by atoms with E-state index in [4.69, 9.17) is 5.73 Å². The molecule has 1 aliphatic carbocycles. The van der Waals surface area contributed by atoms with Gasteiger partial charge in [-0.3, -0.25) is 9.48 Å². The number of hydrogen-bond donors (Lipinski definition) is 3. The summed E-state index contributed by atoms with van der Waals surface area (Å²) in [5.41, 5.74) is 6.47. The van der Waals surface area contributed by atoms with Crippen molar-refractivity contribution in [3.8, 4) is 0 Å². The van der Waals surface area contributed by atoms with Crippen LogP contribution in [0.3, 0.4) is 0 Å². The lowest BCUT2D eigenvalue weighted by atomic mass is 10.4. The molecular weight excluding hydrogens is 288 g/mol. The molecule has 0 saturated heterocycles. The van der Waals surface area contributed by atoms with E-state index in [1.54, 1.807) is 17.1 Å². The number of rotatable bonds is 5. The number of nitrogens with zero attached hydrogens (tertiary/aromatic N) is 3. The lowest BCUT2D eigenvalue weighted by Crippen LogP contribution is -2.11. The average Bonchev–Trinajstić information content (AvgIpc) is 2.96. The van der Waals surface area contributed by atoms with E-state index >= 15 is 0 Å². The van der Waals surface area contributed by atoms with Crippen LogP contribution in [0.4, 0.5) is 16.6 Å². The predicted molar refractivity (Wildman–Crippen MR) is 83.7 cm³/mol. The van der Waals surface area contributed by atoms with Crippen molar-refractivity contribution in [3.05, 3.63) is 17.3 Å². The minimum Gasteiger partial charge on any atom is -0.382 e. The largest absolute Gasteiger partial charge is 0.382 e. The molecule has 0 spiro atoms. The molecular formula is C13H18N6OS. The minimum atomic E-state index is -0.253. The fourth-order valence-electron chi connectivity index (χ4n) is 1.83. The average molecular weight is 306 g/mol. The maximum atomic E-state index is 12.2. The lowest BCUT2D eigenvalue weighted by molar-refractivity contribution is 0.103. The van der Waals surface area contributed by atoms with Crippen LogP contribution in [0.25, 0.3) is 0 Å². The van der Waals surface area contributed by atoms with Gasteiger partial charge >= 0.3 is 0 Å². The van der Waals surface area contributed by atoms with Crippen LogP contribution in [0.2, 0.25) is 0 Å². The van der Waals surface area contributed by atoms with Crippen LogP contribution in [0.1, 0.15) is 42.4 Å². The van der Waals surface area contributed by atoms with Crippen molar-refractivity contribution < 1.29 is 4.79 Å². The third kappa shape index (κ3) is 3.15. The van der Waals surface area contributed by atoms with Gasteiger partial charge in [-0.05, 0) is 26.7 Å². The third-order valence-electron chi connectivity index (χ3n) is 3.15. The fraction of sp³-hybridized carbons (Fsp3) is 0.462. The summed E-state index contributed by atoms with van der Waals surface area (Å²) in [5, 5.41) is 10.9. The molecule has 1 aliphatic rings. The van der Waals surface area contributed by atoms with E-state index in [9.17, 15) is 4.79 Å². The van der Waals surface area contributed by atoms with E-state index in [0.717, 1.165) is 12.8 Å². The summed E-state index contributed by atoms with van der Waals surface area (Å²) in [4.78, 5) is 16.9. The molecule has 7 nitrogen and oxygen atoms in total. The molecule has 8 heteroatoms. The summed E-state index contributed by atoms with van der Waals surface area (Å²) in [6.07, 6.45) is 5.71. The Balaban J connectivity index is 1.70. The van der Waals surface area contributed by atoms with Gasteiger partial charge in [-0.1, -0.05) is 11.3 Å². The van der Waals surface area contributed by atoms with E-state index in [2.05, 4.69) is 20.7 Å². The molecule has 0 radical (unpaired) electrons. The van der Waals surface area contributed by atoms with E-state index in [0.29, 0.717) is 21.7 Å². The second-order valence-electron chi connectivity index (χ2n) is 5.41. The Hall–Kier alpha value is -2.09. The smallest absolute Gasteiger partial charge is 0.269 e. The number of anilines is 3. The van der Waals surface area contributed by atoms with E-state index in [1.165, 1.54) is 11.3 Å². The highest BCUT2D eigenvalue weighted by atomic mass is 32.1. The van der Waals surface area contributed by atoms with Crippen molar-refractivity contribution in [1.29, 1.82) is 0 Å². The molecule has 2 heterocycles. The summed E-state index contributed by atoms with van der Waals surface area (Å²) in [6, 6.07) is 0.731. The molecule has 0 bridgehead atoms. The lowest BCUT2D eigenvalue weighted by Gasteiger charge is -2.03. The molecule has 2 aromatic heterocycles. The van der Waals surface area contributed by atoms with Gasteiger partial charge < -0.3 is 16.4 Å². The minimum absolute atomic E-state index is 0.249. The SMILES string of the molecule is CC(C)n1cc(NC(=O)c2sc(NC3CC3)nc2N)cn1. The molecule has 1 amide bonds. The first kappa shape index (κ1) is 13.9. The Morgan fingerprint density at radius 3 is 2.90 bits per heavy atom. The second kappa shape index (κ2) is 5.36. The van der Waals surface area contributed by atoms with Crippen molar-refractivity contribution in [3.63, 3.8) is 0 Å². The Morgan fingerprint density at radius 2 is 2.29 bits per heavy atom. The van der Waals surface area contributed by atoms with Gasteiger partial charge in [0.15, 0.2) is 5.13 Å². The van der Waals surface area contributed by atoms with Crippen LogP contribution < -0.4 is 16.4 Å². The van der Waals surface area contributed by atoms with Gasteiger partial charge in [0.25, 0.3) is 5.91 Å². The second-order valence-corrected chi connectivity index (χ2v) is 6.41. The fourth-order valence-corrected chi connectivity index (χ4v) is 2.69. The van der Waals surface area contributed by atoms with E-state index in [-0.39, 0.29) is 17.8 Å². The van der Waals surface area contributed by atoms with Crippen molar-refractivity contribution in [2.75, 3.05) is 16.4 Å². The first-order valence-corrected chi connectivity index (χ1v) is 7.73. The number of nitrogen functional groups attached to an aromatic ring is 1. The van der Waals surface area contributed by atoms with Crippen molar-refractivity contribution in [2.24, 2.45) is 0 Å². The molecule has 0 aliphatic heterocycles. The molecule has 112 valence electrons. The van der Waals surface area contributed by atoms with Crippen LogP contribution >= 0.6 is 11.3 Å². The number of aromatic nitrogens is 3. The highest BCUT2D eigenvalue weighted by Crippen LogP contribution is 2.30. The maximum absolute atomic E-state index is 12.2. The molecule has 1 fully saturated rings. The normalized spacial score (nSPS) is 14.4. The van der Waals surface area contributed by atoms with Gasteiger partial charge in [-0.15, -0.1) is 0 Å². The molecule has 0 unspecified atom stereocenters.